The smallest absolute Gasteiger partial charge is 0.451 e. The molecule has 0 saturated carbocycles. The fourth-order valence-corrected chi connectivity index (χ4v) is 2.03. The second-order valence-corrected chi connectivity index (χ2v) is 5.23. The predicted molar refractivity (Wildman–Crippen MR) is 68.4 cm³/mol. The lowest BCUT2D eigenvalue weighted by atomic mass is 10.1. The molecule has 100 valence electrons. The van der Waals surface area contributed by atoms with Crippen molar-refractivity contribution in [2.24, 2.45) is 0 Å². The molecule has 0 bridgehead atoms. The van der Waals surface area contributed by atoms with Crippen LogP contribution in [0.5, 0.6) is 0 Å². The lowest BCUT2D eigenvalue weighted by Gasteiger charge is -2.25. The summed E-state index contributed by atoms with van der Waals surface area (Å²) in [5.74, 6) is -3.55. The fourth-order valence-electron chi connectivity index (χ4n) is 1.67. The highest BCUT2D eigenvalue weighted by Crippen LogP contribution is 2.46. The van der Waals surface area contributed by atoms with Crippen LogP contribution in [-0.2, 0) is 4.74 Å². The van der Waals surface area contributed by atoms with E-state index in [0.29, 0.717) is 5.56 Å². The van der Waals surface area contributed by atoms with Crippen LogP contribution in [-0.4, -0.2) is 17.1 Å². The van der Waals surface area contributed by atoms with Crippen molar-refractivity contribution in [3.8, 4) is 6.07 Å². The molecular weight excluding hydrogens is 374 g/mol. The number of aliphatic hydroxyl groups is 1. The van der Waals surface area contributed by atoms with Gasteiger partial charge in [0, 0.05) is 9.13 Å². The van der Waals surface area contributed by atoms with Gasteiger partial charge in [-0.25, -0.2) is 0 Å². The van der Waals surface area contributed by atoms with Crippen molar-refractivity contribution in [2.75, 3.05) is 0 Å². The van der Waals surface area contributed by atoms with Crippen molar-refractivity contribution < 1.29 is 23.0 Å². The maximum absolute atomic E-state index is 12.7. The fraction of sp³-hybridized carbons (Fsp3) is 0.250. The SMILES string of the molecule is N#CC1=C(c2ccc(I)cc2)OC(O)(C(F)(F)F)C1. The third-order valence-electron chi connectivity index (χ3n) is 2.65. The Morgan fingerprint density at radius 2 is 1.89 bits per heavy atom. The van der Waals surface area contributed by atoms with Gasteiger partial charge in [-0.15, -0.1) is 0 Å². The molecule has 0 fully saturated rings. The van der Waals surface area contributed by atoms with Crippen LogP contribution in [0.4, 0.5) is 13.2 Å². The minimum atomic E-state index is -4.96. The van der Waals surface area contributed by atoms with Crippen LogP contribution in [0.3, 0.4) is 0 Å². The molecule has 1 aromatic carbocycles. The summed E-state index contributed by atoms with van der Waals surface area (Å²) < 4.78 is 43.6. The van der Waals surface area contributed by atoms with Crippen LogP contribution in [0.25, 0.3) is 5.76 Å². The summed E-state index contributed by atoms with van der Waals surface area (Å²) in [6, 6.07) is 8.07. The van der Waals surface area contributed by atoms with Crippen molar-refractivity contribution in [3.63, 3.8) is 0 Å². The van der Waals surface area contributed by atoms with Gasteiger partial charge in [0.25, 0.3) is 0 Å². The maximum Gasteiger partial charge on any atom is 0.455 e. The van der Waals surface area contributed by atoms with E-state index in [0.717, 1.165) is 3.57 Å². The minimum Gasteiger partial charge on any atom is -0.451 e. The van der Waals surface area contributed by atoms with Gasteiger partial charge in [0.05, 0.1) is 18.1 Å². The molecule has 1 atom stereocenters. The number of nitriles is 1. The van der Waals surface area contributed by atoms with Crippen LogP contribution in [0, 0.1) is 14.9 Å². The molecule has 0 spiro atoms. The number of hydrogen-bond donors (Lipinski definition) is 1. The summed E-state index contributed by atoms with van der Waals surface area (Å²) >= 11 is 2.04. The molecule has 1 aromatic rings. The lowest BCUT2D eigenvalue weighted by molar-refractivity contribution is -0.337. The van der Waals surface area contributed by atoms with Crippen LogP contribution < -0.4 is 0 Å². The first kappa shape index (κ1) is 14.1. The zero-order valence-electron chi connectivity index (χ0n) is 9.33. The number of nitrogens with zero attached hydrogens (tertiary/aromatic N) is 1. The van der Waals surface area contributed by atoms with Gasteiger partial charge in [0.15, 0.2) is 0 Å². The van der Waals surface area contributed by atoms with E-state index in [1.54, 1.807) is 18.2 Å². The molecule has 1 N–H and O–H groups in total. The average molecular weight is 381 g/mol. The Hall–Kier alpha value is -1.27. The van der Waals surface area contributed by atoms with E-state index in [-0.39, 0.29) is 11.3 Å². The number of halogens is 4. The van der Waals surface area contributed by atoms with Gasteiger partial charge < -0.3 is 9.84 Å². The summed E-state index contributed by atoms with van der Waals surface area (Å²) in [7, 11) is 0. The number of alkyl halides is 3. The molecule has 3 nitrogen and oxygen atoms in total. The quantitative estimate of drug-likeness (QED) is 0.761. The third kappa shape index (κ3) is 2.55. The van der Waals surface area contributed by atoms with Crippen molar-refractivity contribution in [2.45, 2.75) is 18.4 Å². The van der Waals surface area contributed by atoms with Crippen LogP contribution in [0.2, 0.25) is 0 Å². The van der Waals surface area contributed by atoms with Crippen molar-refractivity contribution in [1.29, 1.82) is 5.26 Å². The predicted octanol–water partition coefficient (Wildman–Crippen LogP) is 3.20. The summed E-state index contributed by atoms with van der Waals surface area (Å²) in [6.45, 7) is 0. The van der Waals surface area contributed by atoms with Gasteiger partial charge in [-0.05, 0) is 34.7 Å². The molecular formula is C12H7F3INO2. The number of rotatable bonds is 1. The minimum absolute atomic E-state index is 0.221. The number of benzene rings is 1. The first-order valence-electron chi connectivity index (χ1n) is 5.14. The van der Waals surface area contributed by atoms with Gasteiger partial charge in [0.2, 0.25) is 0 Å². The molecule has 0 amide bonds. The van der Waals surface area contributed by atoms with Crippen LogP contribution >= 0.6 is 22.6 Å². The number of hydrogen-bond acceptors (Lipinski definition) is 3. The Balaban J connectivity index is 2.40. The van der Waals surface area contributed by atoms with Crippen molar-refractivity contribution in [3.05, 3.63) is 39.0 Å². The highest BCUT2D eigenvalue weighted by Gasteiger charge is 2.60. The van der Waals surface area contributed by atoms with E-state index >= 15 is 0 Å². The summed E-state index contributed by atoms with van der Waals surface area (Å²) in [5, 5.41) is 18.4. The molecule has 1 heterocycles. The normalized spacial score (nSPS) is 23.2. The molecule has 7 heteroatoms. The standard InChI is InChI=1S/C12H7F3INO2/c13-12(14,15)11(18)5-8(6-17)10(19-11)7-1-3-9(16)4-2-7/h1-4,18H,5H2. The topological polar surface area (TPSA) is 53.2 Å². The van der Waals surface area contributed by atoms with Gasteiger partial charge in [-0.1, -0.05) is 12.1 Å². The molecule has 0 aromatic heterocycles. The van der Waals surface area contributed by atoms with Gasteiger partial charge in [-0.2, -0.15) is 18.4 Å². The third-order valence-corrected chi connectivity index (χ3v) is 3.36. The molecule has 1 aliphatic heterocycles. The van der Waals surface area contributed by atoms with Gasteiger partial charge in [0.1, 0.15) is 5.76 Å². The van der Waals surface area contributed by atoms with Crippen LogP contribution in [0.1, 0.15) is 12.0 Å². The maximum atomic E-state index is 12.7. The molecule has 0 radical (unpaired) electrons. The van der Waals surface area contributed by atoms with E-state index in [4.69, 9.17) is 5.26 Å². The van der Waals surface area contributed by atoms with Gasteiger partial charge >= 0.3 is 12.0 Å². The van der Waals surface area contributed by atoms with Crippen LogP contribution in [0.15, 0.2) is 29.8 Å². The van der Waals surface area contributed by atoms with Gasteiger partial charge in [-0.3, -0.25) is 0 Å². The molecule has 0 saturated heterocycles. The summed E-state index contributed by atoms with van der Waals surface area (Å²) in [5.41, 5.74) is 0.109. The Kier molecular flexibility index (Phi) is 3.49. The highest BCUT2D eigenvalue weighted by atomic mass is 127. The molecule has 0 aliphatic carbocycles. The Morgan fingerprint density at radius 3 is 2.37 bits per heavy atom. The lowest BCUT2D eigenvalue weighted by Crippen LogP contribution is -2.44. The van der Waals surface area contributed by atoms with E-state index < -0.39 is 18.4 Å². The molecule has 19 heavy (non-hydrogen) atoms. The van der Waals surface area contributed by atoms with E-state index in [9.17, 15) is 18.3 Å². The summed E-state index contributed by atoms with van der Waals surface area (Å²) in [4.78, 5) is 0. The highest BCUT2D eigenvalue weighted by molar-refractivity contribution is 14.1. The average Bonchev–Trinajstić information content (AvgIpc) is 2.68. The molecule has 2 rings (SSSR count). The number of ether oxygens (including phenoxy) is 1. The van der Waals surface area contributed by atoms with E-state index in [2.05, 4.69) is 4.74 Å². The summed E-state index contributed by atoms with van der Waals surface area (Å²) in [6.07, 6.45) is -5.85. The molecule has 1 aliphatic rings. The Labute approximate surface area is 120 Å². The van der Waals surface area contributed by atoms with Crippen molar-refractivity contribution in [1.82, 2.24) is 0 Å². The zero-order valence-corrected chi connectivity index (χ0v) is 11.5. The van der Waals surface area contributed by atoms with Crippen molar-refractivity contribution >= 4 is 28.4 Å². The van der Waals surface area contributed by atoms with E-state index in [1.165, 1.54) is 12.1 Å². The first-order chi connectivity index (χ1) is 8.77. The second-order valence-electron chi connectivity index (χ2n) is 3.99. The molecule has 1 unspecified atom stereocenters. The Morgan fingerprint density at radius 1 is 1.32 bits per heavy atom. The monoisotopic (exact) mass is 381 g/mol. The van der Waals surface area contributed by atoms with E-state index in [1.807, 2.05) is 22.6 Å². The largest absolute Gasteiger partial charge is 0.455 e. The second kappa shape index (κ2) is 4.68. The zero-order chi connectivity index (χ0) is 14.3. The Bertz CT molecular complexity index is 574. The first-order valence-corrected chi connectivity index (χ1v) is 6.22.